The highest BCUT2D eigenvalue weighted by atomic mass is 32.2. The lowest BCUT2D eigenvalue weighted by atomic mass is 9.94. The lowest BCUT2D eigenvalue weighted by Gasteiger charge is -2.47. The highest BCUT2D eigenvalue weighted by Crippen LogP contribution is 2.39. The zero-order valence-electron chi connectivity index (χ0n) is 16.5. The second-order valence-corrected chi connectivity index (χ2v) is 9.02. The lowest BCUT2D eigenvalue weighted by Crippen LogP contribution is -2.67. The number of thioether (sulfide) groups is 1. The van der Waals surface area contributed by atoms with Crippen LogP contribution in [0.4, 0.5) is 0 Å². The summed E-state index contributed by atoms with van der Waals surface area (Å²) in [7, 11) is 0. The molecule has 5 N–H and O–H groups in total. The Morgan fingerprint density at radius 3 is 2.69 bits per heavy atom. The lowest BCUT2D eigenvalue weighted by molar-refractivity contribution is -0.114. The Hall–Kier alpha value is 0.0700. The molecule has 3 heterocycles. The van der Waals surface area contributed by atoms with Gasteiger partial charge in [0.25, 0.3) is 0 Å². The number of rotatable bonds is 6. The number of likely N-dealkylation sites (tertiary alicyclic amines) is 1. The van der Waals surface area contributed by atoms with Crippen LogP contribution in [-0.2, 0) is 4.74 Å². The first kappa shape index (κ1) is 20.8. The Morgan fingerprint density at radius 2 is 2.08 bits per heavy atom. The number of nitrogens with zero attached hydrogens (tertiary/aromatic N) is 2. The maximum Gasteiger partial charge on any atom is 0.141 e. The third kappa shape index (κ3) is 3.43. The van der Waals surface area contributed by atoms with Crippen LogP contribution in [0.5, 0.6) is 0 Å². The Labute approximate surface area is 161 Å². The average Bonchev–Trinajstić information content (AvgIpc) is 3.13. The number of hydrogen-bond donors (Lipinski definition) is 4. The Bertz CT molecular complexity index is 479. The van der Waals surface area contributed by atoms with E-state index in [4.69, 9.17) is 10.5 Å². The van der Waals surface area contributed by atoms with Crippen molar-refractivity contribution >= 4 is 11.8 Å². The molecule has 0 amide bonds. The third-order valence-electron chi connectivity index (χ3n) is 6.67. The van der Waals surface area contributed by atoms with Gasteiger partial charge in [0.15, 0.2) is 0 Å². The van der Waals surface area contributed by atoms with Crippen LogP contribution in [0.1, 0.15) is 40.0 Å². The summed E-state index contributed by atoms with van der Waals surface area (Å²) < 4.78 is 6.12. The molecule has 0 aromatic carbocycles. The minimum absolute atomic E-state index is 0.0113. The third-order valence-corrected chi connectivity index (χ3v) is 7.31. The van der Waals surface area contributed by atoms with Crippen molar-refractivity contribution in [3.05, 3.63) is 0 Å². The van der Waals surface area contributed by atoms with Gasteiger partial charge in [0, 0.05) is 24.3 Å². The molecule has 3 fully saturated rings. The van der Waals surface area contributed by atoms with E-state index in [2.05, 4.69) is 29.0 Å². The highest BCUT2D eigenvalue weighted by Gasteiger charge is 2.57. The number of ether oxygens (including phenoxy) is 1. The first-order valence-corrected chi connectivity index (χ1v) is 11.3. The van der Waals surface area contributed by atoms with Crippen molar-refractivity contribution in [2.45, 2.75) is 82.4 Å². The number of fused-ring (bicyclic) bond motifs is 1. The molecule has 7 nitrogen and oxygen atoms in total. The van der Waals surface area contributed by atoms with Gasteiger partial charge in [-0.25, -0.2) is 0 Å². The summed E-state index contributed by atoms with van der Waals surface area (Å²) in [6.07, 6.45) is 3.46. The molecule has 3 unspecified atom stereocenters. The quantitative estimate of drug-likeness (QED) is 0.512. The zero-order chi connectivity index (χ0) is 19.1. The monoisotopic (exact) mass is 388 g/mol. The van der Waals surface area contributed by atoms with Gasteiger partial charge in [0.2, 0.25) is 0 Å². The molecule has 3 rings (SSSR count). The van der Waals surface area contributed by atoms with Crippen LogP contribution in [0, 0.1) is 5.92 Å². The van der Waals surface area contributed by atoms with E-state index in [0.29, 0.717) is 17.7 Å². The Balaban J connectivity index is 1.72. The Kier molecular flexibility index (Phi) is 6.56. The first-order chi connectivity index (χ1) is 12.4. The molecule has 0 spiro atoms. The van der Waals surface area contributed by atoms with E-state index in [1.807, 2.05) is 6.26 Å². The number of aliphatic hydroxyl groups is 2. The van der Waals surface area contributed by atoms with Crippen LogP contribution in [0.25, 0.3) is 0 Å². The van der Waals surface area contributed by atoms with E-state index in [1.54, 1.807) is 18.7 Å². The van der Waals surface area contributed by atoms with Crippen LogP contribution in [0.15, 0.2) is 0 Å². The van der Waals surface area contributed by atoms with Crippen LogP contribution in [-0.4, -0.2) is 87.6 Å². The van der Waals surface area contributed by atoms with Gasteiger partial charge in [-0.3, -0.25) is 15.1 Å². The maximum atomic E-state index is 10.8. The van der Waals surface area contributed by atoms with E-state index < -0.39 is 17.9 Å². The van der Waals surface area contributed by atoms with Crippen LogP contribution >= 0.6 is 11.8 Å². The molecule has 26 heavy (non-hydrogen) atoms. The summed E-state index contributed by atoms with van der Waals surface area (Å²) in [5.74, 6) is 0.961. The SMILES string of the molecule is CCC(CC)N1CNC2C(CCN2[C@@H]2O[C@H](CSC)[C@@](C)(O)[C@H]2O)C1N. The molecule has 0 saturated carbocycles. The van der Waals surface area contributed by atoms with E-state index >= 15 is 0 Å². The van der Waals surface area contributed by atoms with Crippen molar-refractivity contribution in [1.29, 1.82) is 0 Å². The van der Waals surface area contributed by atoms with Gasteiger partial charge in [0.05, 0.1) is 25.1 Å². The summed E-state index contributed by atoms with van der Waals surface area (Å²) in [6, 6.07) is 0.493. The average molecular weight is 389 g/mol. The number of nitrogens with one attached hydrogen (secondary N) is 1. The van der Waals surface area contributed by atoms with Gasteiger partial charge in [0.1, 0.15) is 17.9 Å². The molecule has 7 atom stereocenters. The minimum atomic E-state index is -1.23. The summed E-state index contributed by atoms with van der Waals surface area (Å²) >= 11 is 1.62. The highest BCUT2D eigenvalue weighted by molar-refractivity contribution is 7.98. The van der Waals surface area contributed by atoms with Gasteiger partial charge in [-0.2, -0.15) is 11.8 Å². The standard InChI is InChI=1S/C18H36N4O3S/c1-5-11(6-2)22-10-20-16-12(15(22)19)7-8-21(16)17-14(23)18(3,24)13(25-17)9-26-4/h11-17,20,23-24H,5-10,19H2,1-4H3/t12?,13-,14+,15?,16?,17-,18-/m1/s1. The normalized spacial score (nSPS) is 44.8. The van der Waals surface area contributed by atoms with E-state index in [-0.39, 0.29) is 18.4 Å². The largest absolute Gasteiger partial charge is 0.386 e. The van der Waals surface area contributed by atoms with Crippen molar-refractivity contribution in [2.75, 3.05) is 25.2 Å². The molecule has 3 saturated heterocycles. The molecule has 0 radical (unpaired) electrons. The molecule has 0 aromatic rings. The second-order valence-electron chi connectivity index (χ2n) is 8.11. The van der Waals surface area contributed by atoms with E-state index in [9.17, 15) is 10.2 Å². The van der Waals surface area contributed by atoms with Crippen molar-refractivity contribution in [1.82, 2.24) is 15.1 Å². The van der Waals surface area contributed by atoms with Gasteiger partial charge < -0.3 is 20.7 Å². The number of aliphatic hydroxyl groups excluding tert-OH is 1. The van der Waals surface area contributed by atoms with Gasteiger partial charge >= 0.3 is 0 Å². The van der Waals surface area contributed by atoms with Crippen LogP contribution in [0.2, 0.25) is 0 Å². The van der Waals surface area contributed by atoms with Gasteiger partial charge in [-0.15, -0.1) is 0 Å². The van der Waals surface area contributed by atoms with Gasteiger partial charge in [-0.05, 0) is 32.4 Å². The van der Waals surface area contributed by atoms with E-state index in [0.717, 1.165) is 32.5 Å². The predicted octanol–water partition coefficient (Wildman–Crippen LogP) is 0.170. The molecule has 152 valence electrons. The summed E-state index contributed by atoms with van der Waals surface area (Å²) in [4.78, 5) is 4.55. The van der Waals surface area contributed by atoms with Gasteiger partial charge in [-0.1, -0.05) is 13.8 Å². The minimum Gasteiger partial charge on any atom is -0.386 e. The molecule has 8 heteroatoms. The molecular formula is C18H36N4O3S. The predicted molar refractivity (Wildman–Crippen MR) is 104 cm³/mol. The first-order valence-electron chi connectivity index (χ1n) is 9.92. The number of hydrogen-bond acceptors (Lipinski definition) is 8. The Morgan fingerprint density at radius 1 is 1.38 bits per heavy atom. The molecule has 3 aliphatic heterocycles. The summed E-state index contributed by atoms with van der Waals surface area (Å²) in [5.41, 5.74) is 5.41. The van der Waals surface area contributed by atoms with Crippen molar-refractivity contribution < 1.29 is 14.9 Å². The van der Waals surface area contributed by atoms with Crippen LogP contribution < -0.4 is 11.1 Å². The maximum absolute atomic E-state index is 10.8. The molecule has 3 aliphatic rings. The fourth-order valence-electron chi connectivity index (χ4n) is 4.91. The smallest absolute Gasteiger partial charge is 0.141 e. The molecule has 0 bridgehead atoms. The molecular weight excluding hydrogens is 352 g/mol. The fourth-order valence-corrected chi connectivity index (χ4v) is 5.63. The van der Waals surface area contributed by atoms with Crippen molar-refractivity contribution in [2.24, 2.45) is 11.7 Å². The molecule has 0 aliphatic carbocycles. The fraction of sp³-hybridized carbons (Fsp3) is 1.00. The topological polar surface area (TPSA) is 94.2 Å². The van der Waals surface area contributed by atoms with Crippen molar-refractivity contribution in [3.63, 3.8) is 0 Å². The molecule has 0 aromatic heterocycles. The second kappa shape index (κ2) is 8.21. The van der Waals surface area contributed by atoms with E-state index in [1.165, 1.54) is 0 Å². The van der Waals surface area contributed by atoms with Crippen LogP contribution in [0.3, 0.4) is 0 Å². The number of nitrogens with two attached hydrogens (primary N) is 1. The summed E-state index contributed by atoms with van der Waals surface area (Å²) in [5, 5.41) is 25.1. The van der Waals surface area contributed by atoms with Crippen molar-refractivity contribution in [3.8, 4) is 0 Å². The zero-order valence-corrected chi connectivity index (χ0v) is 17.3. The summed E-state index contributed by atoms with van der Waals surface area (Å²) in [6.45, 7) is 7.67.